The second kappa shape index (κ2) is 7.23. The maximum absolute atomic E-state index is 13.7. The van der Waals surface area contributed by atoms with Crippen LogP contribution in [0, 0.1) is 11.6 Å². The van der Waals surface area contributed by atoms with E-state index in [4.69, 9.17) is 0 Å². The Morgan fingerprint density at radius 3 is 2.96 bits per heavy atom. The van der Waals surface area contributed by atoms with Crippen LogP contribution in [0.25, 0.3) is 10.2 Å². The molecular weight excluding hydrogens is 352 g/mol. The number of hydrogen-bond acceptors (Lipinski definition) is 5. The van der Waals surface area contributed by atoms with E-state index in [1.807, 2.05) is 11.4 Å². The normalized spacial score (nSPS) is 12.3. The van der Waals surface area contributed by atoms with Crippen molar-refractivity contribution in [2.75, 3.05) is 5.75 Å². The fraction of sp³-hybridized carbons (Fsp3) is 0.188. The summed E-state index contributed by atoms with van der Waals surface area (Å²) in [5, 5.41) is 6.27. The van der Waals surface area contributed by atoms with Crippen LogP contribution < -0.4 is 5.32 Å². The van der Waals surface area contributed by atoms with Gasteiger partial charge in [-0.25, -0.2) is 18.7 Å². The highest BCUT2D eigenvalue weighted by atomic mass is 32.2. The van der Waals surface area contributed by atoms with Crippen molar-refractivity contribution >= 4 is 39.2 Å². The van der Waals surface area contributed by atoms with Crippen LogP contribution in [0.4, 0.5) is 8.78 Å². The van der Waals surface area contributed by atoms with Crippen LogP contribution in [0.3, 0.4) is 0 Å². The Labute approximate surface area is 145 Å². The molecule has 1 aromatic carbocycles. The number of nitrogens with one attached hydrogen (secondary N) is 1. The Hall–Kier alpha value is -2.06. The minimum atomic E-state index is -0.675. The van der Waals surface area contributed by atoms with Crippen molar-refractivity contribution in [3.05, 3.63) is 53.2 Å². The molecule has 0 radical (unpaired) electrons. The van der Waals surface area contributed by atoms with Crippen LogP contribution in [0.1, 0.15) is 18.5 Å². The molecule has 0 bridgehead atoms. The van der Waals surface area contributed by atoms with E-state index in [0.29, 0.717) is 0 Å². The fourth-order valence-electron chi connectivity index (χ4n) is 2.23. The van der Waals surface area contributed by atoms with Gasteiger partial charge in [0, 0.05) is 17.0 Å². The van der Waals surface area contributed by atoms with Gasteiger partial charge in [-0.1, -0.05) is 17.8 Å². The molecule has 8 heteroatoms. The van der Waals surface area contributed by atoms with Gasteiger partial charge in [-0.2, -0.15) is 0 Å². The zero-order valence-corrected chi connectivity index (χ0v) is 14.3. The monoisotopic (exact) mass is 365 g/mol. The van der Waals surface area contributed by atoms with E-state index in [9.17, 15) is 13.6 Å². The highest BCUT2D eigenvalue weighted by Crippen LogP contribution is 2.27. The lowest BCUT2D eigenvalue weighted by Gasteiger charge is -2.15. The second-order valence-electron chi connectivity index (χ2n) is 5.06. The number of rotatable bonds is 5. The van der Waals surface area contributed by atoms with Crippen LogP contribution in [-0.4, -0.2) is 21.6 Å². The number of hydrogen-bond donors (Lipinski definition) is 1. The number of amides is 1. The molecule has 0 saturated carbocycles. The van der Waals surface area contributed by atoms with Crippen LogP contribution in [0.15, 0.2) is 41.0 Å². The number of carbonyl (C=O) groups excluding carboxylic acids is 1. The zero-order chi connectivity index (χ0) is 17.1. The van der Waals surface area contributed by atoms with Gasteiger partial charge in [-0.3, -0.25) is 4.79 Å². The summed E-state index contributed by atoms with van der Waals surface area (Å²) >= 11 is 2.81. The second-order valence-corrected chi connectivity index (χ2v) is 6.92. The first kappa shape index (κ1) is 16.8. The molecule has 24 heavy (non-hydrogen) atoms. The van der Waals surface area contributed by atoms with E-state index in [-0.39, 0.29) is 17.2 Å². The highest BCUT2D eigenvalue weighted by molar-refractivity contribution is 8.00. The maximum atomic E-state index is 13.7. The molecule has 4 nitrogen and oxygen atoms in total. The number of aromatic nitrogens is 2. The summed E-state index contributed by atoms with van der Waals surface area (Å²) in [6.45, 7) is 1.65. The highest BCUT2D eigenvalue weighted by Gasteiger charge is 2.15. The third-order valence-electron chi connectivity index (χ3n) is 3.37. The van der Waals surface area contributed by atoms with Gasteiger partial charge >= 0.3 is 0 Å². The molecule has 0 aliphatic rings. The summed E-state index contributed by atoms with van der Waals surface area (Å²) in [7, 11) is 0. The minimum absolute atomic E-state index is 0.148. The third kappa shape index (κ3) is 3.70. The lowest BCUT2D eigenvalue weighted by molar-refractivity contribution is -0.119. The number of nitrogens with zero attached hydrogens (tertiary/aromatic N) is 2. The summed E-state index contributed by atoms with van der Waals surface area (Å²) in [6.07, 6.45) is 1.47. The molecule has 0 fully saturated rings. The predicted octanol–water partition coefficient (Wildman–Crippen LogP) is 3.94. The first-order valence-corrected chi connectivity index (χ1v) is 8.96. The summed E-state index contributed by atoms with van der Waals surface area (Å²) in [5.41, 5.74) is 0.247. The number of benzene rings is 1. The van der Waals surface area contributed by atoms with E-state index in [1.165, 1.54) is 41.6 Å². The fourth-order valence-corrected chi connectivity index (χ4v) is 3.82. The summed E-state index contributed by atoms with van der Waals surface area (Å²) in [6, 6.07) is 4.68. The van der Waals surface area contributed by atoms with E-state index in [0.717, 1.165) is 21.3 Å². The molecule has 2 heterocycles. The number of halogens is 2. The molecule has 0 aliphatic carbocycles. The quantitative estimate of drug-likeness (QED) is 0.550. The zero-order valence-electron chi connectivity index (χ0n) is 12.6. The van der Waals surface area contributed by atoms with Crippen LogP contribution in [0.2, 0.25) is 0 Å². The summed E-state index contributed by atoms with van der Waals surface area (Å²) in [5.74, 6) is -1.42. The molecule has 0 saturated heterocycles. The van der Waals surface area contributed by atoms with Crippen LogP contribution in [-0.2, 0) is 4.79 Å². The molecule has 1 N–H and O–H groups in total. The van der Waals surface area contributed by atoms with E-state index in [1.54, 1.807) is 6.92 Å². The minimum Gasteiger partial charge on any atom is -0.349 e. The van der Waals surface area contributed by atoms with Gasteiger partial charge in [0.1, 0.15) is 27.8 Å². The van der Waals surface area contributed by atoms with Gasteiger partial charge in [0.25, 0.3) is 0 Å². The number of thiophene rings is 1. The number of carbonyl (C=O) groups is 1. The Bertz CT molecular complexity index is 885. The average Bonchev–Trinajstić information content (AvgIpc) is 3.01. The molecule has 1 amide bonds. The van der Waals surface area contributed by atoms with E-state index < -0.39 is 17.7 Å². The van der Waals surface area contributed by atoms with Gasteiger partial charge in [0.15, 0.2) is 0 Å². The lowest BCUT2D eigenvalue weighted by atomic mass is 10.1. The van der Waals surface area contributed by atoms with Crippen molar-refractivity contribution in [1.29, 1.82) is 0 Å². The SMILES string of the molecule is CC(NC(=O)CSc1ncnc2sccc12)c1ccc(F)cc1F. The van der Waals surface area contributed by atoms with Gasteiger partial charge in [-0.05, 0) is 24.4 Å². The topological polar surface area (TPSA) is 54.9 Å². The molecule has 3 aromatic rings. The molecule has 124 valence electrons. The molecular formula is C16H13F2N3OS2. The van der Waals surface area contributed by atoms with Crippen LogP contribution >= 0.6 is 23.1 Å². The van der Waals surface area contributed by atoms with Crippen LogP contribution in [0.5, 0.6) is 0 Å². The molecule has 2 aromatic heterocycles. The standard InChI is InChI=1S/C16H13F2N3OS2/c1-9(11-3-2-10(17)6-13(11)18)21-14(22)7-24-16-12-4-5-23-15(12)19-8-20-16/h2-6,8-9H,7H2,1H3,(H,21,22). The van der Waals surface area contributed by atoms with Gasteiger partial charge in [0.05, 0.1) is 11.8 Å². The van der Waals surface area contributed by atoms with Gasteiger partial charge in [-0.15, -0.1) is 11.3 Å². The van der Waals surface area contributed by atoms with Crippen molar-refractivity contribution in [2.24, 2.45) is 0 Å². The Morgan fingerprint density at radius 1 is 1.33 bits per heavy atom. The van der Waals surface area contributed by atoms with Crippen molar-refractivity contribution in [3.63, 3.8) is 0 Å². The first-order chi connectivity index (χ1) is 11.5. The van der Waals surface area contributed by atoms with Crippen molar-refractivity contribution < 1.29 is 13.6 Å². The lowest BCUT2D eigenvalue weighted by Crippen LogP contribution is -2.28. The molecule has 3 rings (SSSR count). The van der Waals surface area contributed by atoms with Gasteiger partial charge in [0.2, 0.25) is 5.91 Å². The number of fused-ring (bicyclic) bond motifs is 1. The Balaban J connectivity index is 1.62. The molecule has 1 atom stereocenters. The molecule has 1 unspecified atom stereocenters. The largest absolute Gasteiger partial charge is 0.349 e. The Morgan fingerprint density at radius 2 is 2.17 bits per heavy atom. The molecule has 0 aliphatic heterocycles. The summed E-state index contributed by atoms with van der Waals surface area (Å²) < 4.78 is 26.7. The van der Waals surface area contributed by atoms with E-state index >= 15 is 0 Å². The summed E-state index contributed by atoms with van der Waals surface area (Å²) in [4.78, 5) is 21.3. The first-order valence-electron chi connectivity index (χ1n) is 7.10. The maximum Gasteiger partial charge on any atom is 0.230 e. The average molecular weight is 365 g/mol. The van der Waals surface area contributed by atoms with Crippen molar-refractivity contribution in [1.82, 2.24) is 15.3 Å². The third-order valence-corrected chi connectivity index (χ3v) is 5.20. The van der Waals surface area contributed by atoms with E-state index in [2.05, 4.69) is 15.3 Å². The predicted molar refractivity (Wildman–Crippen MR) is 91.1 cm³/mol. The van der Waals surface area contributed by atoms with Crippen molar-refractivity contribution in [3.8, 4) is 0 Å². The number of thioether (sulfide) groups is 1. The Kier molecular flexibility index (Phi) is 5.06. The smallest absolute Gasteiger partial charge is 0.230 e. The van der Waals surface area contributed by atoms with Crippen molar-refractivity contribution in [2.45, 2.75) is 18.0 Å². The molecule has 0 spiro atoms. The van der Waals surface area contributed by atoms with Gasteiger partial charge < -0.3 is 5.32 Å².